The highest BCUT2D eigenvalue weighted by atomic mass is 31.2. The third kappa shape index (κ3) is 2.29. The summed E-state index contributed by atoms with van der Waals surface area (Å²) in [7, 11) is -2.73. The third-order valence-corrected chi connectivity index (χ3v) is 8.06. The molecule has 4 rings (SSSR count). The molecule has 2 heterocycles. The monoisotopic (exact) mass is 327 g/mol. The van der Waals surface area contributed by atoms with Crippen molar-refractivity contribution in [1.29, 1.82) is 0 Å². The number of fused-ring (bicyclic) bond motifs is 1. The van der Waals surface area contributed by atoms with Gasteiger partial charge in [0.05, 0.1) is 0 Å². The molecule has 0 atom stereocenters. The van der Waals surface area contributed by atoms with E-state index in [1.54, 1.807) is 0 Å². The standard InChI is InChI=1S/C18H22N3OP/c1-15-3-7-17(8-4-15)20-13-11-19-12-14-21(23(19,20)22)18-9-5-16(2)6-10-18/h3-10H,11-14H2,1-2H3. The molecule has 2 aromatic rings. The molecular weight excluding hydrogens is 305 g/mol. The zero-order chi connectivity index (χ0) is 16.0. The summed E-state index contributed by atoms with van der Waals surface area (Å²) in [4.78, 5) is 0. The number of anilines is 2. The van der Waals surface area contributed by atoms with Gasteiger partial charge in [0.25, 0.3) is 0 Å². The molecule has 0 spiro atoms. The van der Waals surface area contributed by atoms with Gasteiger partial charge < -0.3 is 0 Å². The van der Waals surface area contributed by atoms with Gasteiger partial charge in [-0.2, -0.15) is 0 Å². The van der Waals surface area contributed by atoms with Gasteiger partial charge in [0.15, 0.2) is 0 Å². The number of hydrogen-bond donors (Lipinski definition) is 0. The zero-order valence-corrected chi connectivity index (χ0v) is 14.5. The van der Waals surface area contributed by atoms with E-state index >= 15 is 0 Å². The molecule has 2 fully saturated rings. The van der Waals surface area contributed by atoms with Crippen LogP contribution in [0.15, 0.2) is 48.5 Å². The summed E-state index contributed by atoms with van der Waals surface area (Å²) in [5.74, 6) is 0. The smallest absolute Gasteiger partial charge is 0.293 e. The van der Waals surface area contributed by atoms with E-state index in [0.717, 1.165) is 37.6 Å². The maximum Gasteiger partial charge on any atom is 0.335 e. The van der Waals surface area contributed by atoms with Crippen molar-refractivity contribution in [2.24, 2.45) is 0 Å². The third-order valence-electron chi connectivity index (χ3n) is 4.80. The fourth-order valence-corrected chi connectivity index (χ4v) is 6.62. The molecule has 0 amide bonds. The number of hydrogen-bond acceptors (Lipinski definition) is 1. The van der Waals surface area contributed by atoms with Crippen LogP contribution >= 0.6 is 7.59 Å². The molecule has 120 valence electrons. The van der Waals surface area contributed by atoms with Crippen LogP contribution in [0.25, 0.3) is 0 Å². The van der Waals surface area contributed by atoms with Crippen molar-refractivity contribution in [3.05, 3.63) is 59.7 Å². The maximum atomic E-state index is 14.0. The Bertz CT molecular complexity index is 695. The van der Waals surface area contributed by atoms with E-state index in [9.17, 15) is 4.57 Å². The van der Waals surface area contributed by atoms with Gasteiger partial charge in [-0.15, -0.1) is 0 Å². The van der Waals surface area contributed by atoms with Crippen molar-refractivity contribution >= 4 is 19.0 Å². The van der Waals surface area contributed by atoms with Gasteiger partial charge in [0.2, 0.25) is 0 Å². The van der Waals surface area contributed by atoms with Crippen molar-refractivity contribution in [1.82, 2.24) is 4.67 Å². The molecular formula is C18H22N3OP. The Labute approximate surface area is 137 Å². The predicted octanol–water partition coefficient (Wildman–Crippen LogP) is 4.05. The van der Waals surface area contributed by atoms with E-state index < -0.39 is 7.59 Å². The Morgan fingerprint density at radius 1 is 0.696 bits per heavy atom. The first-order valence-electron chi connectivity index (χ1n) is 8.14. The van der Waals surface area contributed by atoms with Crippen LogP contribution in [0.1, 0.15) is 11.1 Å². The largest absolute Gasteiger partial charge is 0.335 e. The summed E-state index contributed by atoms with van der Waals surface area (Å²) in [6.45, 7) is 7.54. The minimum absolute atomic E-state index is 0.822. The maximum absolute atomic E-state index is 14.0. The minimum Gasteiger partial charge on any atom is -0.293 e. The molecule has 2 aromatic carbocycles. The summed E-state index contributed by atoms with van der Waals surface area (Å²) in [6.07, 6.45) is 0. The lowest BCUT2D eigenvalue weighted by molar-refractivity contribution is 0.488. The van der Waals surface area contributed by atoms with E-state index in [-0.39, 0.29) is 0 Å². The molecule has 0 bridgehead atoms. The van der Waals surface area contributed by atoms with Gasteiger partial charge in [-0.1, -0.05) is 35.4 Å². The molecule has 0 aromatic heterocycles. The van der Waals surface area contributed by atoms with E-state index in [2.05, 4.69) is 76.4 Å². The van der Waals surface area contributed by atoms with Gasteiger partial charge in [0.1, 0.15) is 0 Å². The first-order valence-corrected chi connectivity index (χ1v) is 9.70. The summed E-state index contributed by atoms with van der Waals surface area (Å²) in [5.41, 5.74) is 4.57. The Kier molecular flexibility index (Phi) is 3.47. The lowest BCUT2D eigenvalue weighted by Gasteiger charge is -2.34. The van der Waals surface area contributed by atoms with Gasteiger partial charge in [-0.25, -0.2) is 4.67 Å². The molecule has 0 unspecified atom stereocenters. The molecule has 0 aliphatic carbocycles. The Hall–Kier alpha value is -1.77. The van der Waals surface area contributed by atoms with Crippen LogP contribution < -0.4 is 9.34 Å². The van der Waals surface area contributed by atoms with Gasteiger partial charge in [-0.05, 0) is 38.1 Å². The summed E-state index contributed by atoms with van der Waals surface area (Å²) >= 11 is 0. The topological polar surface area (TPSA) is 26.8 Å². The molecule has 2 aliphatic rings. The van der Waals surface area contributed by atoms with Gasteiger partial charge in [-0.3, -0.25) is 13.9 Å². The van der Waals surface area contributed by atoms with Crippen LogP contribution in [-0.4, -0.2) is 30.8 Å². The molecule has 5 heteroatoms. The summed E-state index contributed by atoms with van der Waals surface area (Å²) in [5, 5.41) is 0. The van der Waals surface area contributed by atoms with Crippen molar-refractivity contribution in [3.63, 3.8) is 0 Å². The second-order valence-electron chi connectivity index (χ2n) is 6.38. The highest BCUT2D eigenvalue weighted by Gasteiger charge is 2.52. The van der Waals surface area contributed by atoms with Crippen LogP contribution in [0.3, 0.4) is 0 Å². The molecule has 2 saturated heterocycles. The second-order valence-corrected chi connectivity index (χ2v) is 8.94. The highest BCUT2D eigenvalue weighted by Crippen LogP contribution is 2.64. The SMILES string of the molecule is Cc1ccc(N2CCN3CCN(c4ccc(C)cc4)P32=O)cc1. The lowest BCUT2D eigenvalue weighted by Crippen LogP contribution is -2.26. The average molecular weight is 327 g/mol. The highest BCUT2D eigenvalue weighted by molar-refractivity contribution is 7.65. The predicted molar refractivity (Wildman–Crippen MR) is 96.2 cm³/mol. The van der Waals surface area contributed by atoms with E-state index in [1.165, 1.54) is 11.1 Å². The quantitative estimate of drug-likeness (QED) is 0.778. The van der Waals surface area contributed by atoms with Crippen molar-refractivity contribution in [2.75, 3.05) is 35.5 Å². The van der Waals surface area contributed by atoms with Crippen LogP contribution in [0.5, 0.6) is 0 Å². The minimum atomic E-state index is -2.73. The van der Waals surface area contributed by atoms with Crippen molar-refractivity contribution in [3.8, 4) is 0 Å². The molecule has 23 heavy (non-hydrogen) atoms. The van der Waals surface area contributed by atoms with Crippen LogP contribution in [0, 0.1) is 13.8 Å². The Balaban J connectivity index is 1.74. The van der Waals surface area contributed by atoms with Crippen molar-refractivity contribution in [2.45, 2.75) is 13.8 Å². The Morgan fingerprint density at radius 2 is 1.09 bits per heavy atom. The van der Waals surface area contributed by atoms with E-state index in [0.29, 0.717) is 0 Å². The number of benzene rings is 2. The number of nitrogens with zero attached hydrogens (tertiary/aromatic N) is 3. The second kappa shape index (κ2) is 5.40. The van der Waals surface area contributed by atoms with Gasteiger partial charge in [0, 0.05) is 37.6 Å². The Morgan fingerprint density at radius 3 is 1.48 bits per heavy atom. The lowest BCUT2D eigenvalue weighted by atomic mass is 10.2. The first-order chi connectivity index (χ1) is 11.1. The fourth-order valence-electron chi connectivity index (χ4n) is 3.48. The number of aryl methyl sites for hydroxylation is 2. The zero-order valence-electron chi connectivity index (χ0n) is 13.6. The van der Waals surface area contributed by atoms with E-state index in [4.69, 9.17) is 0 Å². The molecule has 4 nitrogen and oxygen atoms in total. The molecule has 0 N–H and O–H groups in total. The van der Waals surface area contributed by atoms with E-state index in [1.807, 2.05) is 0 Å². The summed E-state index contributed by atoms with van der Waals surface area (Å²) < 4.78 is 20.4. The average Bonchev–Trinajstić information content (AvgIpc) is 3.04. The summed E-state index contributed by atoms with van der Waals surface area (Å²) in [6, 6.07) is 16.7. The van der Waals surface area contributed by atoms with Crippen LogP contribution in [-0.2, 0) is 4.57 Å². The van der Waals surface area contributed by atoms with Crippen LogP contribution in [0.2, 0.25) is 0 Å². The fraction of sp³-hybridized carbons (Fsp3) is 0.333. The van der Waals surface area contributed by atoms with Crippen LogP contribution in [0.4, 0.5) is 11.4 Å². The first kappa shape index (κ1) is 14.8. The molecule has 2 aliphatic heterocycles. The number of rotatable bonds is 2. The van der Waals surface area contributed by atoms with Gasteiger partial charge >= 0.3 is 7.59 Å². The molecule has 0 radical (unpaired) electrons. The molecule has 0 saturated carbocycles. The normalized spacial score (nSPS) is 20.1. The van der Waals surface area contributed by atoms with Crippen molar-refractivity contribution < 1.29 is 4.57 Å².